The van der Waals surface area contributed by atoms with Crippen molar-refractivity contribution >= 4 is 0 Å². The summed E-state index contributed by atoms with van der Waals surface area (Å²) in [5, 5.41) is 0. The van der Waals surface area contributed by atoms with Crippen molar-refractivity contribution < 1.29 is 0 Å². The maximum atomic E-state index is 4.04. The molecular weight excluding hydrogens is 108 g/mol. The quantitative estimate of drug-likeness (QED) is 0.469. The molecular formula is C9H14. The molecule has 0 nitrogen and oxygen atoms in total. The van der Waals surface area contributed by atoms with E-state index in [0.29, 0.717) is 0 Å². The smallest absolute Gasteiger partial charge is 0.0175 e. The first kappa shape index (κ1) is 5.52. The average Bonchev–Trinajstić information content (AvgIpc) is 1.74. The van der Waals surface area contributed by atoms with E-state index in [1.54, 1.807) is 5.57 Å². The predicted molar refractivity (Wildman–Crippen MR) is 39.2 cm³/mol. The SMILES string of the molecule is C=C1CCC1C1CCC1. The van der Waals surface area contributed by atoms with E-state index in [1.807, 2.05) is 0 Å². The number of hydrogen-bond donors (Lipinski definition) is 0. The van der Waals surface area contributed by atoms with Gasteiger partial charge in [-0.15, -0.1) is 0 Å². The Bertz CT molecular complexity index is 131. The summed E-state index contributed by atoms with van der Waals surface area (Å²) in [5.41, 5.74) is 1.54. The third kappa shape index (κ3) is 0.726. The number of hydrogen-bond acceptors (Lipinski definition) is 0. The minimum absolute atomic E-state index is 0.957. The van der Waals surface area contributed by atoms with Gasteiger partial charge in [-0.05, 0) is 37.5 Å². The Morgan fingerprint density at radius 2 is 2.00 bits per heavy atom. The topological polar surface area (TPSA) is 0 Å². The van der Waals surface area contributed by atoms with Gasteiger partial charge >= 0.3 is 0 Å². The van der Waals surface area contributed by atoms with Crippen molar-refractivity contribution in [2.24, 2.45) is 11.8 Å². The molecule has 2 rings (SSSR count). The maximum Gasteiger partial charge on any atom is -0.0175 e. The summed E-state index contributed by atoms with van der Waals surface area (Å²) in [6.45, 7) is 4.04. The summed E-state index contributed by atoms with van der Waals surface area (Å²) >= 11 is 0. The van der Waals surface area contributed by atoms with Crippen molar-refractivity contribution in [3.8, 4) is 0 Å². The molecule has 2 fully saturated rings. The van der Waals surface area contributed by atoms with Gasteiger partial charge in [0.05, 0.1) is 0 Å². The third-order valence-electron chi connectivity index (χ3n) is 3.02. The van der Waals surface area contributed by atoms with E-state index in [9.17, 15) is 0 Å². The standard InChI is InChI=1S/C9H14/c1-7-5-6-9(7)8-3-2-4-8/h8-9H,1-6H2. The molecule has 2 aliphatic carbocycles. The van der Waals surface area contributed by atoms with Gasteiger partial charge in [0, 0.05) is 0 Å². The lowest BCUT2D eigenvalue weighted by atomic mass is 9.65. The second-order valence-electron chi connectivity index (χ2n) is 3.49. The normalized spacial score (nSPS) is 35.6. The summed E-state index contributed by atoms with van der Waals surface area (Å²) in [6.07, 6.45) is 7.23. The molecule has 1 atom stereocenters. The molecule has 9 heavy (non-hydrogen) atoms. The molecule has 0 spiro atoms. The van der Waals surface area contributed by atoms with Crippen molar-refractivity contribution in [3.63, 3.8) is 0 Å². The highest BCUT2D eigenvalue weighted by molar-refractivity contribution is 5.12. The average molecular weight is 122 g/mol. The highest BCUT2D eigenvalue weighted by Gasteiger charge is 2.33. The minimum atomic E-state index is 0.957. The Morgan fingerprint density at radius 3 is 2.11 bits per heavy atom. The highest BCUT2D eigenvalue weighted by Crippen LogP contribution is 2.46. The molecule has 0 aromatic rings. The van der Waals surface area contributed by atoms with Crippen LogP contribution in [0.2, 0.25) is 0 Å². The van der Waals surface area contributed by atoms with Gasteiger partial charge < -0.3 is 0 Å². The Labute approximate surface area is 57.0 Å². The molecule has 0 amide bonds. The van der Waals surface area contributed by atoms with Crippen molar-refractivity contribution in [2.75, 3.05) is 0 Å². The van der Waals surface area contributed by atoms with Gasteiger partial charge in [0.2, 0.25) is 0 Å². The molecule has 0 heteroatoms. The van der Waals surface area contributed by atoms with E-state index in [2.05, 4.69) is 6.58 Å². The van der Waals surface area contributed by atoms with E-state index < -0.39 is 0 Å². The van der Waals surface area contributed by atoms with E-state index in [1.165, 1.54) is 32.1 Å². The molecule has 0 heterocycles. The maximum absolute atomic E-state index is 4.04. The van der Waals surface area contributed by atoms with Crippen molar-refractivity contribution in [3.05, 3.63) is 12.2 Å². The van der Waals surface area contributed by atoms with Gasteiger partial charge in [-0.2, -0.15) is 0 Å². The first-order chi connectivity index (χ1) is 4.38. The summed E-state index contributed by atoms with van der Waals surface area (Å²) in [7, 11) is 0. The Morgan fingerprint density at radius 1 is 1.22 bits per heavy atom. The van der Waals surface area contributed by atoms with Crippen LogP contribution in [0, 0.1) is 11.8 Å². The van der Waals surface area contributed by atoms with Crippen LogP contribution in [-0.4, -0.2) is 0 Å². The lowest BCUT2D eigenvalue weighted by Crippen LogP contribution is -2.29. The van der Waals surface area contributed by atoms with E-state index in [4.69, 9.17) is 0 Å². The Balaban J connectivity index is 1.90. The molecule has 1 unspecified atom stereocenters. The van der Waals surface area contributed by atoms with Gasteiger partial charge in [0.1, 0.15) is 0 Å². The van der Waals surface area contributed by atoms with Crippen LogP contribution in [0.25, 0.3) is 0 Å². The van der Waals surface area contributed by atoms with Gasteiger partial charge in [-0.25, -0.2) is 0 Å². The monoisotopic (exact) mass is 122 g/mol. The predicted octanol–water partition coefficient (Wildman–Crippen LogP) is 2.75. The third-order valence-corrected chi connectivity index (χ3v) is 3.02. The summed E-state index contributed by atoms with van der Waals surface area (Å²) in [4.78, 5) is 0. The second-order valence-corrected chi connectivity index (χ2v) is 3.49. The van der Waals surface area contributed by atoms with E-state index >= 15 is 0 Å². The van der Waals surface area contributed by atoms with Crippen molar-refractivity contribution in [1.29, 1.82) is 0 Å². The van der Waals surface area contributed by atoms with Crippen LogP contribution in [0.1, 0.15) is 32.1 Å². The van der Waals surface area contributed by atoms with Gasteiger partial charge in [-0.3, -0.25) is 0 Å². The van der Waals surface area contributed by atoms with Gasteiger partial charge in [0.25, 0.3) is 0 Å². The molecule has 50 valence electrons. The van der Waals surface area contributed by atoms with Crippen molar-refractivity contribution in [2.45, 2.75) is 32.1 Å². The fourth-order valence-electron chi connectivity index (χ4n) is 1.93. The van der Waals surface area contributed by atoms with Crippen LogP contribution in [0.15, 0.2) is 12.2 Å². The molecule has 0 aromatic heterocycles. The minimum Gasteiger partial charge on any atom is -0.0996 e. The van der Waals surface area contributed by atoms with Crippen LogP contribution in [0.5, 0.6) is 0 Å². The lowest BCUT2D eigenvalue weighted by molar-refractivity contribution is 0.187. The largest absolute Gasteiger partial charge is 0.0996 e. The zero-order chi connectivity index (χ0) is 6.27. The molecule has 0 N–H and O–H groups in total. The Hall–Kier alpha value is -0.260. The first-order valence-electron chi connectivity index (χ1n) is 4.05. The van der Waals surface area contributed by atoms with Crippen LogP contribution in [0.4, 0.5) is 0 Å². The summed E-state index contributed by atoms with van der Waals surface area (Å²) in [5.74, 6) is 2.02. The Kier molecular flexibility index (Phi) is 1.14. The summed E-state index contributed by atoms with van der Waals surface area (Å²) in [6, 6.07) is 0. The van der Waals surface area contributed by atoms with Crippen LogP contribution < -0.4 is 0 Å². The molecule has 0 saturated heterocycles. The first-order valence-corrected chi connectivity index (χ1v) is 4.05. The van der Waals surface area contributed by atoms with Gasteiger partial charge in [0.15, 0.2) is 0 Å². The van der Waals surface area contributed by atoms with Crippen LogP contribution in [-0.2, 0) is 0 Å². The fourth-order valence-corrected chi connectivity index (χ4v) is 1.93. The van der Waals surface area contributed by atoms with Crippen LogP contribution >= 0.6 is 0 Å². The summed E-state index contributed by atoms with van der Waals surface area (Å²) < 4.78 is 0. The molecule has 0 aliphatic heterocycles. The molecule has 2 aliphatic rings. The lowest BCUT2D eigenvalue weighted by Gasteiger charge is -2.41. The highest BCUT2D eigenvalue weighted by atomic mass is 14.4. The fraction of sp³-hybridized carbons (Fsp3) is 0.778. The van der Waals surface area contributed by atoms with Crippen LogP contribution in [0.3, 0.4) is 0 Å². The van der Waals surface area contributed by atoms with E-state index in [0.717, 1.165) is 11.8 Å². The molecule has 2 saturated carbocycles. The van der Waals surface area contributed by atoms with Gasteiger partial charge in [-0.1, -0.05) is 18.6 Å². The van der Waals surface area contributed by atoms with E-state index in [-0.39, 0.29) is 0 Å². The second kappa shape index (κ2) is 1.86. The van der Waals surface area contributed by atoms with Crippen molar-refractivity contribution in [1.82, 2.24) is 0 Å². The zero-order valence-corrected chi connectivity index (χ0v) is 5.90. The number of allylic oxidation sites excluding steroid dienone is 1. The molecule has 0 radical (unpaired) electrons. The number of rotatable bonds is 1. The molecule has 0 aromatic carbocycles. The zero-order valence-electron chi connectivity index (χ0n) is 5.90. The molecule has 0 bridgehead atoms.